The Morgan fingerprint density at radius 2 is 1.37 bits per heavy atom. The van der Waals surface area contributed by atoms with E-state index < -0.39 is 0 Å². The third-order valence-electron chi connectivity index (χ3n) is 4.50. The van der Waals surface area contributed by atoms with Gasteiger partial charge in [-0.05, 0) is 29.4 Å². The molecular formula is C23H24N2OS. The first-order chi connectivity index (χ1) is 13.3. The fraction of sp³-hybridized carbons (Fsp3) is 0.174. The minimum absolute atomic E-state index is 0.235. The summed E-state index contributed by atoms with van der Waals surface area (Å²) in [4.78, 5) is 0. The smallest absolute Gasteiger partial charge is 0.166 e. The fourth-order valence-electron chi connectivity index (χ4n) is 3.08. The molecule has 0 amide bonds. The Hall–Kier alpha value is -2.85. The van der Waals surface area contributed by atoms with E-state index in [0.29, 0.717) is 11.7 Å². The molecule has 0 heterocycles. The Morgan fingerprint density at radius 3 is 1.96 bits per heavy atom. The Bertz CT molecular complexity index is 813. The molecule has 0 unspecified atom stereocenters. The normalized spacial score (nSPS) is 10.4. The molecule has 27 heavy (non-hydrogen) atoms. The summed E-state index contributed by atoms with van der Waals surface area (Å²) < 4.78 is 5.39. The van der Waals surface area contributed by atoms with E-state index >= 15 is 0 Å². The van der Waals surface area contributed by atoms with E-state index in [9.17, 15) is 0 Å². The first kappa shape index (κ1) is 18.9. The van der Waals surface area contributed by atoms with Crippen LogP contribution in [0, 0.1) is 0 Å². The van der Waals surface area contributed by atoms with Crippen LogP contribution in [0.5, 0.6) is 5.75 Å². The van der Waals surface area contributed by atoms with Crippen molar-refractivity contribution in [3.05, 3.63) is 102 Å². The highest BCUT2D eigenvalue weighted by Crippen LogP contribution is 2.23. The van der Waals surface area contributed by atoms with Crippen molar-refractivity contribution in [2.45, 2.75) is 12.5 Å². The van der Waals surface area contributed by atoms with Crippen LogP contribution in [0.4, 0.5) is 0 Å². The van der Waals surface area contributed by atoms with E-state index in [-0.39, 0.29) is 5.92 Å². The van der Waals surface area contributed by atoms with Gasteiger partial charge in [0, 0.05) is 24.6 Å². The van der Waals surface area contributed by atoms with E-state index in [1.54, 1.807) is 7.11 Å². The molecule has 0 saturated carbocycles. The molecule has 2 N–H and O–H groups in total. The summed E-state index contributed by atoms with van der Waals surface area (Å²) in [6.07, 6.45) is 0. The molecule has 0 bridgehead atoms. The van der Waals surface area contributed by atoms with Crippen molar-refractivity contribution in [3.8, 4) is 5.75 Å². The maximum atomic E-state index is 5.49. The second-order valence-corrected chi connectivity index (χ2v) is 6.66. The lowest BCUT2D eigenvalue weighted by atomic mass is 9.91. The Balaban J connectivity index is 1.62. The minimum atomic E-state index is 0.235. The number of rotatable bonds is 7. The molecule has 0 spiro atoms. The average molecular weight is 377 g/mol. The molecule has 0 aromatic heterocycles. The lowest BCUT2D eigenvalue weighted by Gasteiger charge is -2.20. The minimum Gasteiger partial charge on any atom is -0.496 e. The quantitative estimate of drug-likeness (QED) is 0.595. The highest BCUT2D eigenvalue weighted by Gasteiger charge is 2.14. The SMILES string of the molecule is COc1ccccc1CNC(=S)NCC(c1ccccc1)c1ccccc1. The molecule has 0 aliphatic heterocycles. The molecule has 0 saturated heterocycles. The lowest BCUT2D eigenvalue weighted by molar-refractivity contribution is 0.409. The van der Waals surface area contributed by atoms with Crippen molar-refractivity contribution in [2.75, 3.05) is 13.7 Å². The van der Waals surface area contributed by atoms with Crippen LogP contribution in [0.25, 0.3) is 0 Å². The van der Waals surface area contributed by atoms with E-state index in [1.807, 2.05) is 36.4 Å². The van der Waals surface area contributed by atoms with Gasteiger partial charge in [0.1, 0.15) is 5.75 Å². The lowest BCUT2D eigenvalue weighted by Crippen LogP contribution is -2.37. The zero-order valence-electron chi connectivity index (χ0n) is 15.4. The summed E-state index contributed by atoms with van der Waals surface area (Å²) in [6, 6.07) is 28.9. The predicted molar refractivity (Wildman–Crippen MR) is 115 cm³/mol. The third-order valence-corrected chi connectivity index (χ3v) is 4.79. The number of nitrogens with one attached hydrogen (secondary N) is 2. The first-order valence-electron chi connectivity index (χ1n) is 9.01. The number of hydrogen-bond donors (Lipinski definition) is 2. The summed E-state index contributed by atoms with van der Waals surface area (Å²) in [7, 11) is 1.68. The first-order valence-corrected chi connectivity index (χ1v) is 9.42. The van der Waals surface area contributed by atoms with Crippen molar-refractivity contribution >= 4 is 17.3 Å². The number of benzene rings is 3. The number of hydrogen-bond acceptors (Lipinski definition) is 2. The van der Waals surface area contributed by atoms with Crippen LogP contribution in [-0.2, 0) is 6.54 Å². The van der Waals surface area contributed by atoms with Gasteiger partial charge in [0.2, 0.25) is 0 Å². The van der Waals surface area contributed by atoms with Crippen LogP contribution in [0.2, 0.25) is 0 Å². The molecule has 3 nitrogen and oxygen atoms in total. The van der Waals surface area contributed by atoms with E-state index in [1.165, 1.54) is 11.1 Å². The second kappa shape index (κ2) is 9.74. The molecule has 0 fully saturated rings. The molecule has 4 heteroatoms. The van der Waals surface area contributed by atoms with Crippen LogP contribution >= 0.6 is 12.2 Å². The van der Waals surface area contributed by atoms with Crippen molar-refractivity contribution < 1.29 is 4.74 Å². The molecule has 0 radical (unpaired) electrons. The average Bonchev–Trinajstić information content (AvgIpc) is 2.74. The van der Waals surface area contributed by atoms with Crippen molar-refractivity contribution in [1.29, 1.82) is 0 Å². The van der Waals surface area contributed by atoms with Gasteiger partial charge in [-0.15, -0.1) is 0 Å². The van der Waals surface area contributed by atoms with E-state index in [0.717, 1.165) is 17.9 Å². The van der Waals surface area contributed by atoms with Crippen LogP contribution in [0.1, 0.15) is 22.6 Å². The largest absolute Gasteiger partial charge is 0.496 e. The topological polar surface area (TPSA) is 33.3 Å². The Labute approximate surface area is 166 Å². The van der Waals surface area contributed by atoms with E-state index in [4.69, 9.17) is 17.0 Å². The van der Waals surface area contributed by atoms with Gasteiger partial charge >= 0.3 is 0 Å². The summed E-state index contributed by atoms with van der Waals surface area (Å²) in [5, 5.41) is 7.28. The van der Waals surface area contributed by atoms with Gasteiger partial charge in [0.25, 0.3) is 0 Å². The molecular weight excluding hydrogens is 352 g/mol. The van der Waals surface area contributed by atoms with Gasteiger partial charge in [-0.25, -0.2) is 0 Å². The highest BCUT2D eigenvalue weighted by molar-refractivity contribution is 7.80. The highest BCUT2D eigenvalue weighted by atomic mass is 32.1. The number of ether oxygens (including phenoxy) is 1. The van der Waals surface area contributed by atoms with Crippen molar-refractivity contribution in [1.82, 2.24) is 10.6 Å². The van der Waals surface area contributed by atoms with Crippen LogP contribution < -0.4 is 15.4 Å². The summed E-state index contributed by atoms with van der Waals surface area (Å²) in [6.45, 7) is 1.35. The molecule has 3 aromatic carbocycles. The molecule has 138 valence electrons. The van der Waals surface area contributed by atoms with Crippen molar-refractivity contribution in [3.63, 3.8) is 0 Å². The fourth-order valence-corrected chi connectivity index (χ4v) is 3.24. The van der Waals surface area contributed by atoms with Gasteiger partial charge in [-0.1, -0.05) is 78.9 Å². The molecule has 0 atom stereocenters. The monoisotopic (exact) mass is 376 g/mol. The standard InChI is InChI=1S/C23H24N2OS/c1-26-22-15-9-8-14-20(22)16-24-23(27)25-17-21(18-10-4-2-5-11-18)19-12-6-3-7-13-19/h2-15,21H,16-17H2,1H3,(H2,24,25,27). The summed E-state index contributed by atoms with van der Waals surface area (Å²) in [5.74, 6) is 1.10. The van der Waals surface area contributed by atoms with E-state index in [2.05, 4.69) is 59.2 Å². The van der Waals surface area contributed by atoms with Gasteiger partial charge < -0.3 is 15.4 Å². The number of thiocarbonyl (C=S) groups is 1. The maximum absolute atomic E-state index is 5.49. The number of para-hydroxylation sites is 1. The summed E-state index contributed by atoms with van der Waals surface area (Å²) >= 11 is 5.49. The summed E-state index contributed by atoms with van der Waals surface area (Å²) in [5.41, 5.74) is 3.61. The zero-order valence-corrected chi connectivity index (χ0v) is 16.2. The second-order valence-electron chi connectivity index (χ2n) is 6.25. The van der Waals surface area contributed by atoms with Crippen LogP contribution in [0.3, 0.4) is 0 Å². The molecule has 3 rings (SSSR count). The number of methoxy groups -OCH3 is 1. The molecule has 0 aliphatic rings. The maximum Gasteiger partial charge on any atom is 0.166 e. The third kappa shape index (κ3) is 5.31. The Kier molecular flexibility index (Phi) is 6.83. The van der Waals surface area contributed by atoms with Gasteiger partial charge in [0.05, 0.1) is 7.11 Å². The molecule has 0 aliphatic carbocycles. The zero-order chi connectivity index (χ0) is 18.9. The van der Waals surface area contributed by atoms with Gasteiger partial charge in [-0.3, -0.25) is 0 Å². The molecule has 3 aromatic rings. The predicted octanol–water partition coefficient (Wildman–Crippen LogP) is 4.49. The van der Waals surface area contributed by atoms with Crippen LogP contribution in [0.15, 0.2) is 84.9 Å². The van der Waals surface area contributed by atoms with Crippen molar-refractivity contribution in [2.24, 2.45) is 0 Å². The van der Waals surface area contributed by atoms with Gasteiger partial charge in [-0.2, -0.15) is 0 Å². The van der Waals surface area contributed by atoms with Gasteiger partial charge in [0.15, 0.2) is 5.11 Å². The Morgan fingerprint density at radius 1 is 0.815 bits per heavy atom. The van der Waals surface area contributed by atoms with Crippen LogP contribution in [-0.4, -0.2) is 18.8 Å².